The molecule has 0 bridgehead atoms. The first-order valence-electron chi connectivity index (χ1n) is 6.62. The zero-order valence-electron chi connectivity index (χ0n) is 12.2. The Morgan fingerprint density at radius 1 is 1.09 bits per heavy atom. The lowest BCUT2D eigenvalue weighted by atomic mass is 10.1. The van der Waals surface area contributed by atoms with Gasteiger partial charge in [-0.25, -0.2) is 4.79 Å². The number of nitrogens with one attached hydrogen (secondary N) is 1. The largest absolute Gasteiger partial charge is 0.465 e. The number of carbonyl (C=O) groups excluding carboxylic acids is 2. The molecule has 0 heterocycles. The normalized spacial score (nSPS) is 10.6. The minimum absolute atomic E-state index is 0.341. The summed E-state index contributed by atoms with van der Waals surface area (Å²) in [6, 6.07) is 11.5. The number of carbonyl (C=O) groups is 2. The van der Waals surface area contributed by atoms with Gasteiger partial charge in [0.2, 0.25) is 5.91 Å². The number of benzene rings is 2. The second kappa shape index (κ2) is 7.81. The quantitative estimate of drug-likeness (QED) is 0.656. The Hall–Kier alpha value is -2.30. The average molecular weight is 350 g/mol. The third-order valence-electron chi connectivity index (χ3n) is 2.95. The van der Waals surface area contributed by atoms with Gasteiger partial charge in [-0.3, -0.25) is 4.79 Å². The molecule has 0 saturated heterocycles. The molecule has 0 aliphatic carbocycles. The Balaban J connectivity index is 2.03. The fourth-order valence-electron chi connectivity index (χ4n) is 1.79. The maximum absolute atomic E-state index is 11.9. The highest BCUT2D eigenvalue weighted by molar-refractivity contribution is 6.35. The van der Waals surface area contributed by atoms with Crippen LogP contribution < -0.4 is 5.32 Å². The van der Waals surface area contributed by atoms with Crippen molar-refractivity contribution in [3.8, 4) is 0 Å². The van der Waals surface area contributed by atoms with Gasteiger partial charge in [0.05, 0.1) is 23.4 Å². The first kappa shape index (κ1) is 17.1. The van der Waals surface area contributed by atoms with Crippen LogP contribution in [0.2, 0.25) is 10.0 Å². The molecule has 4 nitrogen and oxygen atoms in total. The van der Waals surface area contributed by atoms with Crippen LogP contribution in [-0.4, -0.2) is 19.0 Å². The van der Waals surface area contributed by atoms with E-state index >= 15 is 0 Å². The van der Waals surface area contributed by atoms with Gasteiger partial charge >= 0.3 is 5.97 Å². The van der Waals surface area contributed by atoms with Crippen LogP contribution in [0.25, 0.3) is 6.08 Å². The van der Waals surface area contributed by atoms with Crippen molar-refractivity contribution in [2.45, 2.75) is 0 Å². The number of amides is 1. The van der Waals surface area contributed by atoms with Crippen molar-refractivity contribution in [1.29, 1.82) is 0 Å². The number of hydrogen-bond donors (Lipinski definition) is 1. The number of esters is 1. The van der Waals surface area contributed by atoms with E-state index in [0.29, 0.717) is 21.3 Å². The highest BCUT2D eigenvalue weighted by Crippen LogP contribution is 2.25. The topological polar surface area (TPSA) is 55.4 Å². The van der Waals surface area contributed by atoms with Gasteiger partial charge in [0, 0.05) is 11.1 Å². The van der Waals surface area contributed by atoms with Crippen molar-refractivity contribution in [3.63, 3.8) is 0 Å². The molecular formula is C17H13Cl2NO3. The van der Waals surface area contributed by atoms with Gasteiger partial charge in [-0.1, -0.05) is 35.3 Å². The zero-order chi connectivity index (χ0) is 16.8. The van der Waals surface area contributed by atoms with Gasteiger partial charge in [-0.05, 0) is 42.0 Å². The average Bonchev–Trinajstić information content (AvgIpc) is 2.56. The molecule has 0 fully saturated rings. The van der Waals surface area contributed by atoms with Crippen molar-refractivity contribution >= 4 is 46.8 Å². The van der Waals surface area contributed by atoms with Crippen molar-refractivity contribution in [3.05, 3.63) is 69.7 Å². The van der Waals surface area contributed by atoms with Crippen LogP contribution in [-0.2, 0) is 9.53 Å². The monoisotopic (exact) mass is 349 g/mol. The molecule has 1 amide bonds. The van der Waals surface area contributed by atoms with Crippen LogP contribution in [0.4, 0.5) is 5.69 Å². The molecular weight excluding hydrogens is 337 g/mol. The van der Waals surface area contributed by atoms with E-state index in [9.17, 15) is 9.59 Å². The van der Waals surface area contributed by atoms with Gasteiger partial charge in [0.15, 0.2) is 0 Å². The van der Waals surface area contributed by atoms with Crippen molar-refractivity contribution in [2.75, 3.05) is 12.4 Å². The first-order valence-corrected chi connectivity index (χ1v) is 7.37. The highest BCUT2D eigenvalue weighted by Gasteiger charge is 2.05. The lowest BCUT2D eigenvalue weighted by Crippen LogP contribution is -2.08. The minimum atomic E-state index is -0.408. The minimum Gasteiger partial charge on any atom is -0.465 e. The number of rotatable bonds is 4. The smallest absolute Gasteiger partial charge is 0.337 e. The van der Waals surface area contributed by atoms with Crippen LogP contribution >= 0.6 is 23.2 Å². The van der Waals surface area contributed by atoms with Crippen LogP contribution in [0.5, 0.6) is 0 Å². The van der Waals surface area contributed by atoms with E-state index in [-0.39, 0.29) is 5.91 Å². The summed E-state index contributed by atoms with van der Waals surface area (Å²) < 4.78 is 4.62. The Labute approximate surface area is 143 Å². The standard InChI is InChI=1S/C17H13Cl2NO3/c1-23-17(22)12-5-2-11(3-6-12)4-9-16(21)20-15-10-13(18)7-8-14(15)19/h2-10H,1H3,(H,20,21)/b9-4+. The van der Waals surface area contributed by atoms with E-state index in [2.05, 4.69) is 10.1 Å². The molecule has 2 aromatic rings. The molecule has 1 N–H and O–H groups in total. The summed E-state index contributed by atoms with van der Waals surface area (Å²) in [5.41, 5.74) is 1.65. The van der Waals surface area contributed by atoms with E-state index in [1.165, 1.54) is 13.2 Å². The Bertz CT molecular complexity index is 755. The summed E-state index contributed by atoms with van der Waals surface area (Å²) in [6.07, 6.45) is 2.99. The lowest BCUT2D eigenvalue weighted by molar-refractivity contribution is -0.111. The molecule has 0 saturated carbocycles. The zero-order valence-corrected chi connectivity index (χ0v) is 13.7. The lowest BCUT2D eigenvalue weighted by Gasteiger charge is -2.05. The molecule has 0 unspecified atom stereocenters. The first-order chi connectivity index (χ1) is 11.0. The van der Waals surface area contributed by atoms with Crippen LogP contribution in [0, 0.1) is 0 Å². The molecule has 23 heavy (non-hydrogen) atoms. The summed E-state index contributed by atoms with van der Waals surface area (Å²) in [5.74, 6) is -0.750. The van der Waals surface area contributed by atoms with E-state index in [4.69, 9.17) is 23.2 Å². The van der Waals surface area contributed by atoms with Crippen LogP contribution in [0.3, 0.4) is 0 Å². The van der Waals surface area contributed by atoms with Gasteiger partial charge < -0.3 is 10.1 Å². The fraction of sp³-hybridized carbons (Fsp3) is 0.0588. The van der Waals surface area contributed by atoms with Crippen molar-refractivity contribution in [1.82, 2.24) is 0 Å². The predicted molar refractivity (Wildman–Crippen MR) is 91.9 cm³/mol. The molecule has 2 aromatic carbocycles. The van der Waals surface area contributed by atoms with Crippen LogP contribution in [0.1, 0.15) is 15.9 Å². The predicted octanol–water partition coefficient (Wildman–Crippen LogP) is 4.43. The number of halogens is 2. The second-order valence-corrected chi connectivity index (χ2v) is 5.40. The van der Waals surface area contributed by atoms with E-state index in [0.717, 1.165) is 5.56 Å². The van der Waals surface area contributed by atoms with E-state index < -0.39 is 5.97 Å². The van der Waals surface area contributed by atoms with E-state index in [1.54, 1.807) is 48.5 Å². The molecule has 0 atom stereocenters. The molecule has 0 aliphatic heterocycles. The van der Waals surface area contributed by atoms with Gasteiger partial charge in [-0.2, -0.15) is 0 Å². The molecule has 2 rings (SSSR count). The summed E-state index contributed by atoms with van der Waals surface area (Å²) in [4.78, 5) is 23.2. The van der Waals surface area contributed by atoms with Gasteiger partial charge in [0.1, 0.15) is 0 Å². The van der Waals surface area contributed by atoms with Crippen molar-refractivity contribution < 1.29 is 14.3 Å². The van der Waals surface area contributed by atoms with Crippen molar-refractivity contribution in [2.24, 2.45) is 0 Å². The summed E-state index contributed by atoms with van der Waals surface area (Å²) in [5, 5.41) is 3.52. The van der Waals surface area contributed by atoms with Gasteiger partial charge in [0.25, 0.3) is 0 Å². The maximum Gasteiger partial charge on any atom is 0.337 e. The second-order valence-electron chi connectivity index (χ2n) is 4.56. The number of ether oxygens (including phenoxy) is 1. The number of methoxy groups -OCH3 is 1. The molecule has 0 aromatic heterocycles. The molecule has 0 radical (unpaired) electrons. The highest BCUT2D eigenvalue weighted by atomic mass is 35.5. The van der Waals surface area contributed by atoms with Gasteiger partial charge in [-0.15, -0.1) is 0 Å². The van der Waals surface area contributed by atoms with Crippen LogP contribution in [0.15, 0.2) is 48.5 Å². The Morgan fingerprint density at radius 2 is 1.78 bits per heavy atom. The summed E-state index contributed by atoms with van der Waals surface area (Å²) >= 11 is 11.8. The SMILES string of the molecule is COC(=O)c1ccc(/C=C/C(=O)Nc2cc(Cl)ccc2Cl)cc1. The maximum atomic E-state index is 11.9. The molecule has 6 heteroatoms. The molecule has 118 valence electrons. The molecule has 0 aliphatic rings. The summed E-state index contributed by atoms with van der Waals surface area (Å²) in [6.45, 7) is 0. The third kappa shape index (κ3) is 4.84. The fourth-order valence-corrected chi connectivity index (χ4v) is 2.12. The Morgan fingerprint density at radius 3 is 2.43 bits per heavy atom. The summed E-state index contributed by atoms with van der Waals surface area (Å²) in [7, 11) is 1.32. The van der Waals surface area contributed by atoms with E-state index in [1.807, 2.05) is 0 Å². The Kier molecular flexibility index (Phi) is 5.79. The number of hydrogen-bond acceptors (Lipinski definition) is 3. The molecule has 0 spiro atoms. The third-order valence-corrected chi connectivity index (χ3v) is 3.51. The number of anilines is 1.